The molecular weight excluding hydrogens is 964 g/mol. The number of alkyl halides is 3. The Morgan fingerprint density at radius 1 is 0.917 bits per heavy atom. The summed E-state index contributed by atoms with van der Waals surface area (Å²) in [5.41, 5.74) is 3.48. The first-order valence-corrected chi connectivity index (χ1v) is 25.0. The first-order valence-electron chi connectivity index (χ1n) is 23.7. The van der Waals surface area contributed by atoms with E-state index in [1.807, 2.05) is 101 Å². The summed E-state index contributed by atoms with van der Waals surface area (Å²) in [6, 6.07) is 25.9. The van der Waals surface area contributed by atoms with Gasteiger partial charge in [0.15, 0.2) is 5.11 Å². The number of anilines is 2. The second-order valence-electron chi connectivity index (χ2n) is 19.7. The highest BCUT2D eigenvalue weighted by Gasteiger charge is 2.51. The molecule has 4 amide bonds. The van der Waals surface area contributed by atoms with Crippen LogP contribution in [0.3, 0.4) is 0 Å². The summed E-state index contributed by atoms with van der Waals surface area (Å²) in [4.78, 5) is 64.0. The van der Waals surface area contributed by atoms with Gasteiger partial charge >= 0.3 is 12.3 Å². The highest BCUT2D eigenvalue weighted by molar-refractivity contribution is 7.81. The third-order valence-electron chi connectivity index (χ3n) is 12.9. The molecule has 2 fully saturated rings. The molecule has 7 rings (SSSR count). The van der Waals surface area contributed by atoms with Crippen LogP contribution in [0.15, 0.2) is 96.5 Å². The molecule has 0 aliphatic carbocycles. The van der Waals surface area contributed by atoms with Crippen LogP contribution >= 0.6 is 23.6 Å². The van der Waals surface area contributed by atoms with Gasteiger partial charge in [-0.3, -0.25) is 19.3 Å². The van der Waals surface area contributed by atoms with E-state index in [1.54, 1.807) is 53.2 Å². The van der Waals surface area contributed by atoms with Crippen molar-refractivity contribution in [1.29, 1.82) is 5.26 Å². The van der Waals surface area contributed by atoms with E-state index >= 15 is 0 Å². The maximum absolute atomic E-state index is 14.1. The smallest absolute Gasteiger partial charge is 0.417 e. The molecule has 0 radical (unpaired) electrons. The normalized spacial score (nSPS) is 17.2. The number of amides is 4. The van der Waals surface area contributed by atoms with Crippen LogP contribution in [0.4, 0.5) is 29.3 Å². The lowest BCUT2D eigenvalue weighted by atomic mass is 9.85. The van der Waals surface area contributed by atoms with Crippen LogP contribution in [0, 0.1) is 29.6 Å². The van der Waals surface area contributed by atoms with Gasteiger partial charge in [-0.1, -0.05) is 76.2 Å². The number of halogens is 3. The van der Waals surface area contributed by atoms with E-state index < -0.39 is 52.3 Å². The van der Waals surface area contributed by atoms with E-state index in [0.29, 0.717) is 50.4 Å². The number of nitrogens with one attached hydrogen (secondary N) is 2. The van der Waals surface area contributed by atoms with Crippen molar-refractivity contribution >= 4 is 63.9 Å². The molecule has 72 heavy (non-hydrogen) atoms. The van der Waals surface area contributed by atoms with Crippen molar-refractivity contribution in [2.75, 3.05) is 29.6 Å². The number of likely N-dealkylation sites (tertiary alicyclic amines) is 1. The first-order chi connectivity index (χ1) is 34.1. The van der Waals surface area contributed by atoms with Crippen molar-refractivity contribution in [3.05, 3.63) is 119 Å². The van der Waals surface area contributed by atoms with Crippen LogP contribution in [-0.2, 0) is 31.8 Å². The van der Waals surface area contributed by atoms with Crippen LogP contribution in [0.1, 0.15) is 89.6 Å². The molecule has 3 atom stereocenters. The van der Waals surface area contributed by atoms with E-state index in [0.717, 1.165) is 56.3 Å². The summed E-state index contributed by atoms with van der Waals surface area (Å²) < 4.78 is 52.8. The van der Waals surface area contributed by atoms with Gasteiger partial charge in [-0.25, -0.2) is 9.78 Å². The molecule has 1 aromatic heterocycles. The molecular formula is C54H58F3N7O6S2. The lowest BCUT2D eigenvalue weighted by Gasteiger charge is -2.35. The van der Waals surface area contributed by atoms with Gasteiger partial charge in [0.05, 0.1) is 52.2 Å². The largest absolute Gasteiger partial charge is 0.494 e. The molecule has 2 N–H and O–H groups in total. The van der Waals surface area contributed by atoms with E-state index in [1.165, 1.54) is 6.07 Å². The monoisotopic (exact) mass is 1020 g/mol. The molecule has 2 aliphatic rings. The highest BCUT2D eigenvalue weighted by atomic mass is 32.1. The predicted molar refractivity (Wildman–Crippen MR) is 275 cm³/mol. The maximum atomic E-state index is 14.1. The molecule has 2 aliphatic heterocycles. The fourth-order valence-corrected chi connectivity index (χ4v) is 10.2. The van der Waals surface area contributed by atoms with E-state index in [2.05, 4.69) is 15.6 Å². The van der Waals surface area contributed by atoms with Crippen molar-refractivity contribution in [3.63, 3.8) is 0 Å². The maximum Gasteiger partial charge on any atom is 0.417 e. The number of aromatic nitrogens is 1. The van der Waals surface area contributed by atoms with Gasteiger partial charge in [-0.2, -0.15) is 18.4 Å². The molecule has 5 aromatic rings. The van der Waals surface area contributed by atoms with Crippen LogP contribution < -0.4 is 25.2 Å². The molecule has 0 bridgehead atoms. The van der Waals surface area contributed by atoms with Gasteiger partial charge in [0.1, 0.15) is 23.4 Å². The second-order valence-corrected chi connectivity index (χ2v) is 21.0. The number of nitrogens with zero attached hydrogens (tertiary/aromatic N) is 5. The van der Waals surface area contributed by atoms with Gasteiger partial charge in [0.25, 0.3) is 5.91 Å². The van der Waals surface area contributed by atoms with Gasteiger partial charge < -0.3 is 29.9 Å². The molecule has 2 saturated heterocycles. The van der Waals surface area contributed by atoms with Crippen LogP contribution in [0.5, 0.6) is 5.75 Å². The first kappa shape index (κ1) is 53.0. The summed E-state index contributed by atoms with van der Waals surface area (Å²) in [6.07, 6.45) is -2.97. The number of hydrogen-bond acceptors (Lipinski definition) is 10. The molecule has 13 nitrogen and oxygen atoms in total. The standard InChI is InChI=1S/C54H58F3N7O6S2/c1-33-27-44(47(65)59-30-35-11-13-38(14-12-35)45-34(2)60-32-72-45)62(31-33)48(66)46(52(3,4)5)61-50(68)70-26-10-8-9-25-69-42-23-18-37(19-24-42)36-15-20-40(21-16-36)64-51(71)63(49(67)53(64,6)7)41-22-17-39(29-58)43(28-41)54(55,56)57/h11-24,28,32-33,44,46H,8-10,25-27,30-31H2,1-7H3,(H,59,65)(H,61,68)/t33-,44+,46-/m1/s1. The zero-order valence-electron chi connectivity index (χ0n) is 41.3. The van der Waals surface area contributed by atoms with Gasteiger partial charge in [0, 0.05) is 18.8 Å². The average Bonchev–Trinajstić information content (AvgIpc) is 4.01. The third kappa shape index (κ3) is 11.9. The molecule has 0 saturated carbocycles. The lowest BCUT2D eigenvalue weighted by molar-refractivity contribution is -0.142. The summed E-state index contributed by atoms with van der Waals surface area (Å²) in [5, 5.41) is 15.1. The predicted octanol–water partition coefficient (Wildman–Crippen LogP) is 10.8. The number of thiocarbonyl (C=S) groups is 1. The number of rotatable bonds is 16. The average molecular weight is 1020 g/mol. The number of nitriles is 1. The SMILES string of the molecule is Cc1ncsc1-c1ccc(CNC(=O)[C@@H]2C[C@@H](C)CN2C(=O)[C@@H](NC(=O)OCCCCCOc2ccc(-c3ccc(N4C(=S)N(c5ccc(C#N)c(C(F)(F)F)c5)C(=O)C4(C)C)cc3)cc2)C(C)(C)C)cc1. The quantitative estimate of drug-likeness (QED) is 0.0720. The van der Waals surface area contributed by atoms with Crippen molar-refractivity contribution in [3.8, 4) is 33.4 Å². The lowest BCUT2D eigenvalue weighted by Crippen LogP contribution is -2.57. The van der Waals surface area contributed by atoms with Crippen molar-refractivity contribution in [2.45, 2.75) is 104 Å². The number of aryl methyl sites for hydroxylation is 1. The Labute approximate surface area is 427 Å². The fraction of sp³-hybridized carbons (Fsp3) is 0.389. The van der Waals surface area contributed by atoms with E-state index in [-0.39, 0.29) is 35.1 Å². The molecule has 378 valence electrons. The number of unbranched alkanes of at least 4 members (excludes halogenated alkanes) is 2. The minimum atomic E-state index is -4.80. The molecule has 3 heterocycles. The number of benzene rings is 4. The van der Waals surface area contributed by atoms with Crippen LogP contribution in [-0.4, -0.2) is 76.2 Å². The number of ether oxygens (including phenoxy) is 2. The van der Waals surface area contributed by atoms with E-state index in [4.69, 9.17) is 21.7 Å². The van der Waals surface area contributed by atoms with Crippen LogP contribution in [0.25, 0.3) is 21.6 Å². The minimum absolute atomic E-state index is 0.0102. The topological polar surface area (TPSA) is 157 Å². The molecule has 18 heteroatoms. The van der Waals surface area contributed by atoms with E-state index in [9.17, 15) is 37.6 Å². The van der Waals surface area contributed by atoms with Crippen molar-refractivity contribution in [2.24, 2.45) is 11.3 Å². The van der Waals surface area contributed by atoms with Crippen molar-refractivity contribution in [1.82, 2.24) is 20.5 Å². The van der Waals surface area contributed by atoms with Crippen LogP contribution in [0.2, 0.25) is 0 Å². The summed E-state index contributed by atoms with van der Waals surface area (Å²) >= 11 is 7.26. The minimum Gasteiger partial charge on any atom is -0.494 e. The zero-order chi connectivity index (χ0) is 52.1. The Morgan fingerprint density at radius 2 is 1.54 bits per heavy atom. The number of carbonyl (C=O) groups excluding carboxylic acids is 4. The Kier molecular flexibility index (Phi) is 16.1. The van der Waals surface area contributed by atoms with Gasteiger partial charge in [-0.15, -0.1) is 11.3 Å². The number of hydrogen-bond donors (Lipinski definition) is 2. The Balaban J connectivity index is 0.841. The van der Waals surface area contributed by atoms with Crippen molar-refractivity contribution < 1.29 is 41.8 Å². The molecule has 4 aromatic carbocycles. The van der Waals surface area contributed by atoms with Gasteiger partial charge in [0.2, 0.25) is 11.8 Å². The number of alkyl carbamates (subject to hydrolysis) is 1. The fourth-order valence-electron chi connectivity index (χ4n) is 8.91. The second kappa shape index (κ2) is 21.9. The molecule has 0 unspecified atom stereocenters. The Bertz CT molecular complexity index is 2840. The highest BCUT2D eigenvalue weighted by Crippen LogP contribution is 2.40. The Morgan fingerprint density at radius 3 is 2.15 bits per heavy atom. The molecule has 0 spiro atoms. The number of thiazole rings is 1. The third-order valence-corrected chi connectivity index (χ3v) is 14.2. The summed E-state index contributed by atoms with van der Waals surface area (Å²) in [7, 11) is 0. The summed E-state index contributed by atoms with van der Waals surface area (Å²) in [5.74, 6) is -0.300. The summed E-state index contributed by atoms with van der Waals surface area (Å²) in [6.45, 7) is 14.2. The number of carbonyl (C=O) groups is 4. The van der Waals surface area contributed by atoms with Gasteiger partial charge in [-0.05, 0) is 135 Å². The zero-order valence-corrected chi connectivity index (χ0v) is 42.9. The Hall–Kier alpha value is -6.84.